The molecule has 2 atom stereocenters. The number of hydrogen-bond acceptors (Lipinski definition) is 7. The number of methoxy groups -OCH3 is 1. The van der Waals surface area contributed by atoms with Crippen LogP contribution in [0, 0.1) is 10.1 Å². The molecule has 10 heteroatoms. The average molecular weight is 269 g/mol. The molecule has 0 amide bonds. The molecule has 0 bridgehead atoms. The Morgan fingerprint density at radius 1 is 1.68 bits per heavy atom. The molecule has 1 rings (SSSR count). The number of rotatable bonds is 6. The van der Waals surface area contributed by atoms with E-state index in [0.29, 0.717) is 0 Å². The standard InChI is InChI=1S/C9H11N5O5/c1-19-9-6(2-5(3-11-9)14(17)18)8(16)7(15)4-12-13-10/h2-3,7-8,15-16H,4H2,1H3. The second-order valence-corrected chi connectivity index (χ2v) is 3.47. The van der Waals surface area contributed by atoms with Crippen molar-refractivity contribution in [1.82, 2.24) is 4.98 Å². The molecule has 102 valence electrons. The van der Waals surface area contributed by atoms with E-state index in [-0.39, 0.29) is 23.7 Å². The summed E-state index contributed by atoms with van der Waals surface area (Å²) in [4.78, 5) is 16.0. The van der Waals surface area contributed by atoms with Crippen LogP contribution in [0.25, 0.3) is 10.4 Å². The Hall–Kier alpha value is -2.42. The van der Waals surface area contributed by atoms with Crippen LogP contribution < -0.4 is 4.74 Å². The summed E-state index contributed by atoms with van der Waals surface area (Å²) >= 11 is 0. The maximum atomic E-state index is 10.6. The maximum absolute atomic E-state index is 10.6. The van der Waals surface area contributed by atoms with E-state index < -0.39 is 17.1 Å². The van der Waals surface area contributed by atoms with E-state index in [1.807, 2.05) is 0 Å². The molecule has 0 aromatic carbocycles. The van der Waals surface area contributed by atoms with Gasteiger partial charge in [-0.05, 0) is 5.53 Å². The highest BCUT2D eigenvalue weighted by Gasteiger charge is 2.24. The van der Waals surface area contributed by atoms with Crippen LogP contribution in [0.3, 0.4) is 0 Å². The van der Waals surface area contributed by atoms with Gasteiger partial charge in [0, 0.05) is 11.0 Å². The Bertz CT molecular complexity index is 516. The molecule has 0 saturated carbocycles. The zero-order valence-electron chi connectivity index (χ0n) is 9.87. The van der Waals surface area contributed by atoms with Crippen LogP contribution in [0.4, 0.5) is 5.69 Å². The fourth-order valence-electron chi connectivity index (χ4n) is 1.37. The van der Waals surface area contributed by atoms with Crippen molar-refractivity contribution in [3.8, 4) is 5.88 Å². The average Bonchev–Trinajstić information content (AvgIpc) is 2.42. The first-order valence-electron chi connectivity index (χ1n) is 5.06. The Balaban J connectivity index is 3.11. The monoisotopic (exact) mass is 269 g/mol. The third kappa shape index (κ3) is 3.52. The van der Waals surface area contributed by atoms with E-state index >= 15 is 0 Å². The lowest BCUT2D eigenvalue weighted by atomic mass is 10.1. The van der Waals surface area contributed by atoms with Crippen molar-refractivity contribution in [2.24, 2.45) is 5.11 Å². The van der Waals surface area contributed by atoms with E-state index in [0.717, 1.165) is 12.3 Å². The molecular formula is C9H11N5O5. The van der Waals surface area contributed by atoms with Gasteiger partial charge in [-0.3, -0.25) is 10.1 Å². The Labute approximate surface area is 107 Å². The summed E-state index contributed by atoms with van der Waals surface area (Å²) in [5, 5.41) is 33.2. The van der Waals surface area contributed by atoms with Crippen molar-refractivity contribution in [2.45, 2.75) is 12.2 Å². The van der Waals surface area contributed by atoms with Gasteiger partial charge in [0.2, 0.25) is 5.88 Å². The Morgan fingerprint density at radius 3 is 2.89 bits per heavy atom. The van der Waals surface area contributed by atoms with Crippen molar-refractivity contribution in [2.75, 3.05) is 13.7 Å². The fraction of sp³-hybridized carbons (Fsp3) is 0.444. The van der Waals surface area contributed by atoms with Crippen LogP contribution in [-0.2, 0) is 0 Å². The lowest BCUT2D eigenvalue weighted by Crippen LogP contribution is -2.22. The highest BCUT2D eigenvalue weighted by molar-refractivity contribution is 5.39. The molecule has 1 aromatic rings. The zero-order valence-corrected chi connectivity index (χ0v) is 9.87. The molecule has 0 saturated heterocycles. The van der Waals surface area contributed by atoms with Gasteiger partial charge < -0.3 is 14.9 Å². The van der Waals surface area contributed by atoms with Crippen LogP contribution in [0.5, 0.6) is 5.88 Å². The minimum Gasteiger partial charge on any atom is -0.481 e. The fourth-order valence-corrected chi connectivity index (χ4v) is 1.37. The lowest BCUT2D eigenvalue weighted by molar-refractivity contribution is -0.385. The third-order valence-corrected chi connectivity index (χ3v) is 2.28. The quantitative estimate of drug-likeness (QED) is 0.254. The van der Waals surface area contributed by atoms with Gasteiger partial charge in [0.1, 0.15) is 12.3 Å². The predicted molar refractivity (Wildman–Crippen MR) is 62.4 cm³/mol. The highest BCUT2D eigenvalue weighted by atomic mass is 16.6. The highest BCUT2D eigenvalue weighted by Crippen LogP contribution is 2.28. The number of nitro groups is 1. The van der Waals surface area contributed by atoms with E-state index in [1.165, 1.54) is 7.11 Å². The first-order chi connectivity index (χ1) is 9.01. The van der Waals surface area contributed by atoms with Gasteiger partial charge in [0.25, 0.3) is 5.69 Å². The minimum absolute atomic E-state index is 0.0573. The largest absolute Gasteiger partial charge is 0.481 e. The van der Waals surface area contributed by atoms with Gasteiger partial charge in [-0.25, -0.2) is 4.98 Å². The Kier molecular flexibility index (Phi) is 5.01. The second-order valence-electron chi connectivity index (χ2n) is 3.47. The van der Waals surface area contributed by atoms with Crippen molar-refractivity contribution in [3.05, 3.63) is 38.4 Å². The molecule has 19 heavy (non-hydrogen) atoms. The molecular weight excluding hydrogens is 258 g/mol. The van der Waals surface area contributed by atoms with E-state index in [9.17, 15) is 20.3 Å². The normalized spacial score (nSPS) is 13.2. The molecule has 10 nitrogen and oxygen atoms in total. The van der Waals surface area contributed by atoms with Crippen molar-refractivity contribution < 1.29 is 19.9 Å². The van der Waals surface area contributed by atoms with Crippen molar-refractivity contribution in [1.29, 1.82) is 0 Å². The topological polar surface area (TPSA) is 154 Å². The molecule has 1 aromatic heterocycles. The van der Waals surface area contributed by atoms with Gasteiger partial charge in [-0.15, -0.1) is 0 Å². The molecule has 2 unspecified atom stereocenters. The number of azide groups is 1. The molecule has 1 heterocycles. The van der Waals surface area contributed by atoms with Crippen molar-refractivity contribution >= 4 is 5.69 Å². The molecule has 0 aliphatic heterocycles. The molecule has 0 aliphatic rings. The van der Waals surface area contributed by atoms with Gasteiger partial charge in [0.15, 0.2) is 0 Å². The van der Waals surface area contributed by atoms with Gasteiger partial charge in [0.05, 0.1) is 30.2 Å². The van der Waals surface area contributed by atoms with Crippen LogP contribution in [0.15, 0.2) is 17.4 Å². The number of aliphatic hydroxyl groups excluding tert-OH is 2. The van der Waals surface area contributed by atoms with E-state index in [1.54, 1.807) is 0 Å². The van der Waals surface area contributed by atoms with Gasteiger partial charge >= 0.3 is 0 Å². The smallest absolute Gasteiger partial charge is 0.288 e. The number of aromatic nitrogens is 1. The van der Waals surface area contributed by atoms with Gasteiger partial charge in [-0.1, -0.05) is 5.11 Å². The number of aliphatic hydroxyl groups is 2. The maximum Gasteiger partial charge on any atom is 0.288 e. The zero-order chi connectivity index (χ0) is 14.4. The predicted octanol–water partition coefficient (Wildman–Crippen LogP) is 0.703. The van der Waals surface area contributed by atoms with E-state index in [2.05, 4.69) is 15.0 Å². The summed E-state index contributed by atoms with van der Waals surface area (Å²) in [5.74, 6) is -0.0573. The van der Waals surface area contributed by atoms with Crippen LogP contribution >= 0.6 is 0 Å². The molecule has 0 fully saturated rings. The van der Waals surface area contributed by atoms with Crippen LogP contribution in [0.2, 0.25) is 0 Å². The number of hydrogen-bond donors (Lipinski definition) is 2. The summed E-state index contributed by atoms with van der Waals surface area (Å²) in [6, 6.07) is 1.04. The first kappa shape index (κ1) is 14.6. The van der Waals surface area contributed by atoms with Crippen molar-refractivity contribution in [3.63, 3.8) is 0 Å². The number of nitrogens with zero attached hydrogens (tertiary/aromatic N) is 5. The molecule has 2 N–H and O–H groups in total. The van der Waals surface area contributed by atoms with Crippen LogP contribution in [0.1, 0.15) is 11.7 Å². The summed E-state index contributed by atoms with van der Waals surface area (Å²) in [7, 11) is 1.27. The summed E-state index contributed by atoms with van der Waals surface area (Å²) < 4.78 is 4.85. The summed E-state index contributed by atoms with van der Waals surface area (Å²) in [6.07, 6.45) is -1.98. The number of ether oxygens (including phenoxy) is 1. The first-order valence-corrected chi connectivity index (χ1v) is 5.06. The lowest BCUT2D eigenvalue weighted by Gasteiger charge is -2.17. The minimum atomic E-state index is -1.52. The molecule has 0 spiro atoms. The number of pyridine rings is 1. The summed E-state index contributed by atoms with van der Waals surface area (Å²) in [6.45, 7) is -0.385. The third-order valence-electron chi connectivity index (χ3n) is 2.28. The molecule has 0 radical (unpaired) electrons. The second kappa shape index (κ2) is 6.50. The van der Waals surface area contributed by atoms with Gasteiger partial charge in [-0.2, -0.15) is 0 Å². The van der Waals surface area contributed by atoms with E-state index in [4.69, 9.17) is 10.3 Å². The summed E-state index contributed by atoms with van der Waals surface area (Å²) in [5.41, 5.74) is 7.71. The molecule has 0 aliphatic carbocycles. The van der Waals surface area contributed by atoms with Crippen LogP contribution in [-0.4, -0.2) is 39.9 Å². The SMILES string of the molecule is COc1ncc([N+](=O)[O-])cc1C(O)C(O)CN=[N+]=[N-]. The Morgan fingerprint density at radius 2 is 2.37 bits per heavy atom.